The monoisotopic (exact) mass is 309 g/mol. The molecule has 1 N–H and O–H groups in total. The minimum Gasteiger partial charge on any atom is -0.305 e. The van der Waals surface area contributed by atoms with Gasteiger partial charge in [0.15, 0.2) is 0 Å². The van der Waals surface area contributed by atoms with Crippen molar-refractivity contribution >= 4 is 11.6 Å². The Labute approximate surface area is 130 Å². The van der Waals surface area contributed by atoms with Crippen LogP contribution in [-0.2, 0) is 6.54 Å². The summed E-state index contributed by atoms with van der Waals surface area (Å²) >= 11 is 6.33. The largest absolute Gasteiger partial charge is 0.305 e. The summed E-state index contributed by atoms with van der Waals surface area (Å²) in [4.78, 5) is 0. The van der Waals surface area contributed by atoms with E-state index in [1.54, 1.807) is 19.2 Å². The molecular formula is C16H21ClFN3. The van der Waals surface area contributed by atoms with Gasteiger partial charge in [0.2, 0.25) is 0 Å². The average molecular weight is 310 g/mol. The zero-order chi connectivity index (χ0) is 15.4. The number of halogens is 2. The number of nitrogens with one attached hydrogen (secondary N) is 1. The van der Waals surface area contributed by atoms with E-state index in [0.717, 1.165) is 30.8 Å². The van der Waals surface area contributed by atoms with Gasteiger partial charge >= 0.3 is 0 Å². The molecule has 1 aromatic carbocycles. The first-order valence-corrected chi connectivity index (χ1v) is 7.66. The van der Waals surface area contributed by atoms with Crippen molar-refractivity contribution in [3.8, 4) is 0 Å². The van der Waals surface area contributed by atoms with Gasteiger partial charge in [-0.2, -0.15) is 5.10 Å². The fourth-order valence-corrected chi connectivity index (χ4v) is 2.72. The van der Waals surface area contributed by atoms with Gasteiger partial charge < -0.3 is 5.32 Å². The molecule has 2 aromatic rings. The third-order valence-electron chi connectivity index (χ3n) is 3.47. The highest BCUT2D eigenvalue weighted by atomic mass is 35.5. The van der Waals surface area contributed by atoms with E-state index in [1.165, 1.54) is 6.07 Å². The van der Waals surface area contributed by atoms with E-state index in [-0.39, 0.29) is 11.9 Å². The molecule has 1 heterocycles. The molecule has 3 nitrogen and oxygen atoms in total. The van der Waals surface area contributed by atoms with Crippen molar-refractivity contribution in [1.29, 1.82) is 0 Å². The Kier molecular flexibility index (Phi) is 5.37. The molecule has 0 spiro atoms. The standard InChI is InChI=1S/C16H21ClFN3/c1-4-8-21-16(13(17)10-20-21)15(19-5-2)12-6-7-14(18)11(3)9-12/h6-7,9-10,15,19H,4-5,8H2,1-3H3. The Morgan fingerprint density at radius 3 is 2.76 bits per heavy atom. The predicted molar refractivity (Wildman–Crippen MR) is 84.2 cm³/mol. The number of nitrogens with zero attached hydrogens (tertiary/aromatic N) is 2. The summed E-state index contributed by atoms with van der Waals surface area (Å²) in [5, 5.41) is 8.40. The van der Waals surface area contributed by atoms with Crippen LogP contribution in [0.25, 0.3) is 0 Å². The maximum absolute atomic E-state index is 13.5. The molecule has 1 unspecified atom stereocenters. The molecular weight excluding hydrogens is 289 g/mol. The molecule has 0 saturated heterocycles. The minimum atomic E-state index is -0.192. The van der Waals surface area contributed by atoms with Crippen LogP contribution in [0.4, 0.5) is 4.39 Å². The highest BCUT2D eigenvalue weighted by Gasteiger charge is 2.21. The van der Waals surface area contributed by atoms with Gasteiger partial charge in [-0.3, -0.25) is 4.68 Å². The summed E-state index contributed by atoms with van der Waals surface area (Å²) < 4.78 is 15.4. The van der Waals surface area contributed by atoms with Crippen LogP contribution in [0.3, 0.4) is 0 Å². The van der Waals surface area contributed by atoms with Crippen LogP contribution in [0.2, 0.25) is 5.02 Å². The van der Waals surface area contributed by atoms with Crippen molar-refractivity contribution in [1.82, 2.24) is 15.1 Å². The second-order valence-corrected chi connectivity index (χ2v) is 5.51. The van der Waals surface area contributed by atoms with Gasteiger partial charge in [-0.15, -0.1) is 0 Å². The fraction of sp³-hybridized carbons (Fsp3) is 0.438. The zero-order valence-electron chi connectivity index (χ0n) is 12.7. The molecule has 0 bridgehead atoms. The van der Waals surface area contributed by atoms with Crippen LogP contribution >= 0.6 is 11.6 Å². The van der Waals surface area contributed by atoms with Gasteiger partial charge in [0.25, 0.3) is 0 Å². The third kappa shape index (κ3) is 3.44. The van der Waals surface area contributed by atoms with Gasteiger partial charge in [0.05, 0.1) is 23.0 Å². The second-order valence-electron chi connectivity index (χ2n) is 5.10. The Morgan fingerprint density at radius 1 is 1.38 bits per heavy atom. The lowest BCUT2D eigenvalue weighted by atomic mass is 10.0. The lowest BCUT2D eigenvalue weighted by Gasteiger charge is -2.21. The van der Waals surface area contributed by atoms with E-state index in [0.29, 0.717) is 10.6 Å². The number of rotatable bonds is 6. The number of benzene rings is 1. The van der Waals surface area contributed by atoms with Crippen molar-refractivity contribution in [3.05, 3.63) is 52.1 Å². The van der Waals surface area contributed by atoms with E-state index in [2.05, 4.69) is 17.3 Å². The Hall–Kier alpha value is -1.39. The fourth-order valence-electron chi connectivity index (χ4n) is 2.47. The van der Waals surface area contributed by atoms with Crippen molar-refractivity contribution < 1.29 is 4.39 Å². The summed E-state index contributed by atoms with van der Waals surface area (Å²) in [7, 11) is 0. The summed E-state index contributed by atoms with van der Waals surface area (Å²) in [5.74, 6) is -0.192. The molecule has 1 aromatic heterocycles. The highest BCUT2D eigenvalue weighted by molar-refractivity contribution is 6.31. The third-order valence-corrected chi connectivity index (χ3v) is 3.76. The average Bonchev–Trinajstić information content (AvgIpc) is 2.81. The molecule has 114 valence electrons. The normalized spacial score (nSPS) is 12.6. The second kappa shape index (κ2) is 7.05. The summed E-state index contributed by atoms with van der Waals surface area (Å²) in [6.07, 6.45) is 2.65. The zero-order valence-corrected chi connectivity index (χ0v) is 13.4. The molecule has 5 heteroatoms. The van der Waals surface area contributed by atoms with Crippen LogP contribution in [0.1, 0.15) is 43.1 Å². The van der Waals surface area contributed by atoms with Crippen LogP contribution in [0.15, 0.2) is 24.4 Å². The van der Waals surface area contributed by atoms with Crippen molar-refractivity contribution in [2.24, 2.45) is 0 Å². The van der Waals surface area contributed by atoms with Gasteiger partial charge in [-0.05, 0) is 37.1 Å². The maximum Gasteiger partial charge on any atom is 0.126 e. The van der Waals surface area contributed by atoms with E-state index in [9.17, 15) is 4.39 Å². The first-order valence-electron chi connectivity index (χ1n) is 7.29. The number of hydrogen-bond acceptors (Lipinski definition) is 2. The molecule has 21 heavy (non-hydrogen) atoms. The van der Waals surface area contributed by atoms with Crippen LogP contribution in [0.5, 0.6) is 0 Å². The first kappa shape index (κ1) is 16.0. The Morgan fingerprint density at radius 2 is 2.14 bits per heavy atom. The molecule has 0 fully saturated rings. The minimum absolute atomic E-state index is 0.0872. The van der Waals surface area contributed by atoms with Crippen LogP contribution in [0, 0.1) is 12.7 Å². The molecule has 0 amide bonds. The predicted octanol–water partition coefficient (Wildman–Crippen LogP) is 4.09. The van der Waals surface area contributed by atoms with E-state index >= 15 is 0 Å². The molecule has 1 atom stereocenters. The molecule has 0 aliphatic carbocycles. The molecule has 0 aliphatic heterocycles. The van der Waals surface area contributed by atoms with E-state index in [4.69, 9.17) is 11.6 Å². The summed E-state index contributed by atoms with van der Waals surface area (Å²) in [6.45, 7) is 7.51. The lowest BCUT2D eigenvalue weighted by molar-refractivity contribution is 0.519. The molecule has 2 rings (SSSR count). The summed E-state index contributed by atoms with van der Waals surface area (Å²) in [5.41, 5.74) is 2.56. The number of aryl methyl sites for hydroxylation is 2. The van der Waals surface area contributed by atoms with Crippen LogP contribution < -0.4 is 5.32 Å². The summed E-state index contributed by atoms with van der Waals surface area (Å²) in [6, 6.07) is 5.08. The van der Waals surface area contributed by atoms with Gasteiger partial charge in [-0.1, -0.05) is 37.6 Å². The van der Waals surface area contributed by atoms with Crippen molar-refractivity contribution in [2.45, 2.75) is 39.8 Å². The first-order chi connectivity index (χ1) is 10.1. The molecule has 0 radical (unpaired) electrons. The van der Waals surface area contributed by atoms with E-state index in [1.807, 2.05) is 17.7 Å². The maximum atomic E-state index is 13.5. The van der Waals surface area contributed by atoms with Gasteiger partial charge in [-0.25, -0.2) is 4.39 Å². The van der Waals surface area contributed by atoms with Crippen molar-refractivity contribution in [3.63, 3.8) is 0 Å². The number of hydrogen-bond donors (Lipinski definition) is 1. The van der Waals surface area contributed by atoms with Gasteiger partial charge in [0, 0.05) is 6.54 Å². The topological polar surface area (TPSA) is 29.9 Å². The quantitative estimate of drug-likeness (QED) is 0.871. The Bertz CT molecular complexity index is 610. The number of aromatic nitrogens is 2. The smallest absolute Gasteiger partial charge is 0.126 e. The molecule has 0 aliphatic rings. The SMILES string of the molecule is CCCn1ncc(Cl)c1C(NCC)c1ccc(F)c(C)c1. The highest BCUT2D eigenvalue weighted by Crippen LogP contribution is 2.29. The molecule has 0 saturated carbocycles. The van der Waals surface area contributed by atoms with Crippen LogP contribution in [-0.4, -0.2) is 16.3 Å². The lowest BCUT2D eigenvalue weighted by Crippen LogP contribution is -2.25. The Balaban J connectivity index is 2.47. The van der Waals surface area contributed by atoms with E-state index < -0.39 is 0 Å². The van der Waals surface area contributed by atoms with Gasteiger partial charge in [0.1, 0.15) is 5.82 Å². The van der Waals surface area contributed by atoms with Crippen molar-refractivity contribution in [2.75, 3.05) is 6.54 Å².